The number of ether oxygens (including phenoxy) is 2. The van der Waals surface area contributed by atoms with Crippen LogP contribution < -0.4 is 11.1 Å². The second-order valence-corrected chi connectivity index (χ2v) is 10.3. The Morgan fingerprint density at radius 3 is 2.62 bits per heavy atom. The molecule has 34 heavy (non-hydrogen) atoms. The lowest BCUT2D eigenvalue weighted by molar-refractivity contribution is -0.173. The van der Waals surface area contributed by atoms with Crippen LogP contribution in [0.3, 0.4) is 0 Å². The number of hydrogen-bond acceptors (Lipinski definition) is 10. The summed E-state index contributed by atoms with van der Waals surface area (Å²) in [5.74, 6) is -1.70. The summed E-state index contributed by atoms with van der Waals surface area (Å²) in [5.41, 5.74) is 5.81. The molecule has 0 aliphatic carbocycles. The number of nitrogens with zero attached hydrogens (tertiary/aromatic N) is 2. The molecule has 1 aromatic heterocycles. The van der Waals surface area contributed by atoms with E-state index in [2.05, 4.69) is 10.3 Å². The van der Waals surface area contributed by atoms with Gasteiger partial charge in [-0.05, 0) is 33.3 Å². The number of esters is 2. The number of anilines is 1. The van der Waals surface area contributed by atoms with Crippen LogP contribution in [0.1, 0.15) is 39.8 Å². The Balaban J connectivity index is 0.00000408. The minimum atomic E-state index is -0.797. The van der Waals surface area contributed by atoms with Crippen molar-refractivity contribution in [3.05, 3.63) is 28.9 Å². The van der Waals surface area contributed by atoms with Crippen molar-refractivity contribution in [1.82, 2.24) is 15.2 Å². The van der Waals surface area contributed by atoms with Crippen molar-refractivity contribution in [3.63, 3.8) is 0 Å². The van der Waals surface area contributed by atoms with Crippen LogP contribution in [-0.4, -0.2) is 63.1 Å². The third-order valence-electron chi connectivity index (χ3n) is 4.79. The number of hydrogen-bond donors (Lipinski definition) is 2. The molecule has 1 aromatic rings. The van der Waals surface area contributed by atoms with E-state index in [4.69, 9.17) is 15.2 Å². The number of rotatable bonds is 7. The smallest absolute Gasteiger partial charge is 0.357 e. The highest BCUT2D eigenvalue weighted by Crippen LogP contribution is 2.38. The molecule has 11 nitrogen and oxygen atoms in total. The molecule has 186 valence electrons. The van der Waals surface area contributed by atoms with Crippen molar-refractivity contribution in [2.24, 2.45) is 5.41 Å². The number of carbonyl (C=O) groups excluding carboxylic acids is 4. The Morgan fingerprint density at radius 2 is 2.03 bits per heavy atom. The van der Waals surface area contributed by atoms with Crippen molar-refractivity contribution in [2.45, 2.75) is 45.5 Å². The van der Waals surface area contributed by atoms with Gasteiger partial charge in [0.15, 0.2) is 5.13 Å². The van der Waals surface area contributed by atoms with Gasteiger partial charge in [0.05, 0.1) is 16.7 Å². The van der Waals surface area contributed by atoms with Crippen LogP contribution in [0.2, 0.25) is 0 Å². The Kier molecular flexibility index (Phi) is 8.86. The first-order chi connectivity index (χ1) is 15.5. The lowest BCUT2D eigenvalue weighted by Gasteiger charge is -2.48. The van der Waals surface area contributed by atoms with Gasteiger partial charge >= 0.3 is 11.9 Å². The number of nitrogens with one attached hydrogen (secondary N) is 1. The first-order valence-electron chi connectivity index (χ1n) is 10.3. The molecular formula is C21H28N4O7S2. The molecule has 5 N–H and O–H groups in total. The molecule has 0 bridgehead atoms. The SMILES string of the molecule is CC/C=C(\C(=O)N[C@@H]1C(=O)N2C(C(=O)OCOC(=O)C(C)(C)C)=CCS[C@H]12)c1csc(N)n1.O. The maximum Gasteiger partial charge on any atom is 0.357 e. The highest BCUT2D eigenvalue weighted by atomic mass is 32.2. The fourth-order valence-corrected chi connectivity index (χ4v) is 4.86. The zero-order valence-corrected chi connectivity index (χ0v) is 20.9. The van der Waals surface area contributed by atoms with Crippen LogP contribution in [0, 0.1) is 5.41 Å². The number of amides is 2. The lowest BCUT2D eigenvalue weighted by Crippen LogP contribution is -2.70. The summed E-state index contributed by atoms with van der Waals surface area (Å²) in [6, 6.07) is -0.797. The molecule has 0 radical (unpaired) electrons. The van der Waals surface area contributed by atoms with E-state index < -0.39 is 47.4 Å². The fourth-order valence-electron chi connectivity index (χ4n) is 3.10. The number of fused-ring (bicyclic) bond motifs is 1. The molecule has 13 heteroatoms. The minimum absolute atomic E-state index is 0. The fraction of sp³-hybridized carbons (Fsp3) is 0.476. The lowest BCUT2D eigenvalue weighted by atomic mass is 9.98. The van der Waals surface area contributed by atoms with Gasteiger partial charge in [0.25, 0.3) is 11.8 Å². The van der Waals surface area contributed by atoms with E-state index in [0.717, 1.165) is 0 Å². The van der Waals surface area contributed by atoms with Gasteiger partial charge in [0.1, 0.15) is 17.1 Å². The van der Waals surface area contributed by atoms with Crippen LogP contribution >= 0.6 is 23.1 Å². The predicted octanol–water partition coefficient (Wildman–Crippen LogP) is 1.07. The molecule has 2 aliphatic rings. The summed E-state index contributed by atoms with van der Waals surface area (Å²) >= 11 is 2.64. The molecule has 1 fully saturated rings. The third-order valence-corrected chi connectivity index (χ3v) is 6.64. The summed E-state index contributed by atoms with van der Waals surface area (Å²) < 4.78 is 9.97. The van der Waals surface area contributed by atoms with Crippen molar-refractivity contribution in [1.29, 1.82) is 0 Å². The standard InChI is InChI=1S/C21H26N4O6S2.H2O/c1-5-6-11(12-9-33-20(22)23-12)15(26)24-14-16(27)25-13(7-8-32-17(14)25)18(28)30-10-31-19(29)21(2,3)4;/h6-7,9,14,17H,5,8,10H2,1-4H3,(H2,22,23)(H,24,26);1H2/b11-6-;/t14-,17-;/m1./s1. The molecule has 1 saturated heterocycles. The number of allylic oxidation sites excluding steroid dienone is 1. The molecule has 0 aromatic carbocycles. The van der Waals surface area contributed by atoms with Gasteiger partial charge in [0, 0.05) is 11.1 Å². The average Bonchev–Trinajstić information content (AvgIpc) is 3.19. The largest absolute Gasteiger partial charge is 0.427 e. The topological polar surface area (TPSA) is 172 Å². The van der Waals surface area contributed by atoms with E-state index in [1.807, 2.05) is 6.92 Å². The molecule has 3 heterocycles. The van der Waals surface area contributed by atoms with E-state index in [1.54, 1.807) is 38.3 Å². The number of aromatic nitrogens is 1. The zero-order chi connectivity index (χ0) is 24.3. The Hall–Kier alpha value is -2.90. The quantitative estimate of drug-likeness (QED) is 0.234. The molecule has 0 unspecified atom stereocenters. The van der Waals surface area contributed by atoms with E-state index in [-0.39, 0.29) is 11.2 Å². The number of nitrogen functional groups attached to an aromatic ring is 1. The zero-order valence-electron chi connectivity index (χ0n) is 19.2. The predicted molar refractivity (Wildman–Crippen MR) is 128 cm³/mol. The molecule has 0 spiro atoms. The van der Waals surface area contributed by atoms with Crippen molar-refractivity contribution >= 4 is 57.6 Å². The molecule has 2 aliphatic heterocycles. The number of thioether (sulfide) groups is 1. The highest BCUT2D eigenvalue weighted by molar-refractivity contribution is 8.00. The van der Waals surface area contributed by atoms with Crippen molar-refractivity contribution in [2.75, 3.05) is 18.3 Å². The molecule has 2 atom stereocenters. The first-order valence-corrected chi connectivity index (χ1v) is 12.2. The summed E-state index contributed by atoms with van der Waals surface area (Å²) in [7, 11) is 0. The van der Waals surface area contributed by atoms with E-state index in [9.17, 15) is 19.2 Å². The second kappa shape index (κ2) is 11.0. The molecule has 0 saturated carbocycles. The van der Waals surface area contributed by atoms with Gasteiger partial charge in [-0.15, -0.1) is 23.1 Å². The second-order valence-electron chi connectivity index (χ2n) is 8.30. The van der Waals surface area contributed by atoms with Crippen LogP contribution in [0.15, 0.2) is 23.2 Å². The Morgan fingerprint density at radius 1 is 1.32 bits per heavy atom. The number of β-lactam (4-membered cyclic amide) rings is 1. The number of thiazole rings is 1. The van der Waals surface area contributed by atoms with Gasteiger partial charge in [-0.25, -0.2) is 9.78 Å². The number of carbonyl (C=O) groups is 4. The maximum absolute atomic E-state index is 12.9. The maximum atomic E-state index is 12.9. The van der Waals surface area contributed by atoms with Crippen molar-refractivity contribution < 1.29 is 34.1 Å². The van der Waals surface area contributed by atoms with Gasteiger partial charge in [-0.1, -0.05) is 13.0 Å². The molecule has 2 amide bonds. The normalized spacial score (nSPS) is 19.8. The Bertz CT molecular complexity index is 1030. The van der Waals surface area contributed by atoms with E-state index in [1.165, 1.54) is 28.0 Å². The van der Waals surface area contributed by atoms with Gasteiger partial charge in [-0.3, -0.25) is 19.3 Å². The summed E-state index contributed by atoms with van der Waals surface area (Å²) in [4.78, 5) is 55.4. The molecular weight excluding hydrogens is 484 g/mol. The Labute approximate surface area is 205 Å². The highest BCUT2D eigenvalue weighted by Gasteiger charge is 2.53. The average molecular weight is 513 g/mol. The number of nitrogens with two attached hydrogens (primary N) is 1. The van der Waals surface area contributed by atoms with Gasteiger partial charge in [0.2, 0.25) is 6.79 Å². The van der Waals surface area contributed by atoms with Gasteiger partial charge in [-0.2, -0.15) is 0 Å². The van der Waals surface area contributed by atoms with E-state index >= 15 is 0 Å². The van der Waals surface area contributed by atoms with Crippen molar-refractivity contribution in [3.8, 4) is 0 Å². The first kappa shape index (κ1) is 27.3. The summed E-state index contributed by atoms with van der Waals surface area (Å²) in [6.07, 6.45) is 3.90. The minimum Gasteiger partial charge on any atom is -0.427 e. The van der Waals surface area contributed by atoms with Crippen LogP contribution in [0.4, 0.5) is 5.13 Å². The molecule has 3 rings (SSSR count). The monoisotopic (exact) mass is 512 g/mol. The summed E-state index contributed by atoms with van der Waals surface area (Å²) in [6.45, 7) is 6.38. The summed E-state index contributed by atoms with van der Waals surface area (Å²) in [5, 5.41) is 4.33. The van der Waals surface area contributed by atoms with Gasteiger partial charge < -0.3 is 26.0 Å². The van der Waals surface area contributed by atoms with Crippen LogP contribution in [-0.2, 0) is 28.7 Å². The van der Waals surface area contributed by atoms with Crippen LogP contribution in [0.5, 0.6) is 0 Å². The third kappa shape index (κ3) is 5.77. The van der Waals surface area contributed by atoms with Crippen LogP contribution in [0.25, 0.3) is 5.57 Å². The van der Waals surface area contributed by atoms with E-state index in [0.29, 0.717) is 28.6 Å².